The van der Waals surface area contributed by atoms with Crippen molar-refractivity contribution >= 4 is 34.9 Å². The summed E-state index contributed by atoms with van der Waals surface area (Å²) in [5.41, 5.74) is 0.427. The molecule has 2 aromatic rings. The monoisotopic (exact) mass is 324 g/mol. The highest BCUT2D eigenvalue weighted by Gasteiger charge is 2.24. The molecule has 1 saturated heterocycles. The largest absolute Gasteiger partial charge is 0.353 e. The first kappa shape index (κ1) is 14.2. The number of hydrogen-bond donors (Lipinski definition) is 1. The molecule has 0 aromatic carbocycles. The van der Waals surface area contributed by atoms with Gasteiger partial charge in [-0.3, -0.25) is 4.79 Å². The zero-order valence-electron chi connectivity index (χ0n) is 11.2. The van der Waals surface area contributed by atoms with Crippen LogP contribution in [0.1, 0.15) is 10.5 Å². The number of halogens is 2. The first-order valence-corrected chi connectivity index (χ1v) is 7.40. The quantitative estimate of drug-likeness (QED) is 0.924. The van der Waals surface area contributed by atoms with Gasteiger partial charge >= 0.3 is 0 Å². The summed E-state index contributed by atoms with van der Waals surface area (Å²) in [5, 5.41) is 0.666. The second-order valence-corrected chi connectivity index (χ2v) is 5.60. The number of H-pyrrole nitrogens is 1. The lowest BCUT2D eigenvalue weighted by Gasteiger charge is -2.35. The fourth-order valence-electron chi connectivity index (χ4n) is 2.37. The number of carbonyl (C=O) groups is 1. The van der Waals surface area contributed by atoms with Crippen LogP contribution in [0.5, 0.6) is 0 Å². The molecule has 0 saturated carbocycles. The Morgan fingerprint density at radius 2 is 1.95 bits per heavy atom. The van der Waals surface area contributed by atoms with Crippen LogP contribution < -0.4 is 4.90 Å². The lowest BCUT2D eigenvalue weighted by atomic mass is 10.2. The van der Waals surface area contributed by atoms with Crippen LogP contribution in [0, 0.1) is 0 Å². The molecule has 5 nitrogen and oxygen atoms in total. The van der Waals surface area contributed by atoms with E-state index < -0.39 is 0 Å². The molecule has 0 bridgehead atoms. The van der Waals surface area contributed by atoms with Crippen LogP contribution in [0.2, 0.25) is 10.2 Å². The number of rotatable bonds is 2. The van der Waals surface area contributed by atoms with Crippen LogP contribution in [0.3, 0.4) is 0 Å². The van der Waals surface area contributed by atoms with E-state index in [0.717, 1.165) is 18.9 Å². The number of piperazine rings is 1. The number of nitrogens with one attached hydrogen (secondary N) is 1. The molecule has 3 heterocycles. The van der Waals surface area contributed by atoms with Crippen LogP contribution in [0.4, 0.5) is 5.82 Å². The maximum absolute atomic E-state index is 12.4. The molecule has 1 amide bonds. The Kier molecular flexibility index (Phi) is 4.03. The fourth-order valence-corrected chi connectivity index (χ4v) is 2.68. The number of aromatic nitrogens is 2. The number of carbonyl (C=O) groups excluding carboxylic acids is 1. The summed E-state index contributed by atoms with van der Waals surface area (Å²) < 4.78 is 0. The van der Waals surface area contributed by atoms with E-state index in [1.807, 2.05) is 18.2 Å². The SMILES string of the molecule is O=C(c1cc(Cl)c(Cl)[nH]1)N1CCN(c2ccccn2)CC1. The van der Waals surface area contributed by atoms with Crippen molar-refractivity contribution in [3.8, 4) is 0 Å². The summed E-state index contributed by atoms with van der Waals surface area (Å²) in [4.78, 5) is 23.4. The van der Waals surface area contributed by atoms with Crippen LogP contribution in [-0.4, -0.2) is 47.0 Å². The molecule has 0 atom stereocenters. The van der Waals surface area contributed by atoms with Gasteiger partial charge in [-0.2, -0.15) is 0 Å². The van der Waals surface area contributed by atoms with Crippen molar-refractivity contribution in [2.45, 2.75) is 0 Å². The molecular formula is C14H14Cl2N4O. The van der Waals surface area contributed by atoms with Crippen LogP contribution >= 0.6 is 23.2 Å². The molecule has 21 heavy (non-hydrogen) atoms. The van der Waals surface area contributed by atoms with Gasteiger partial charge in [0, 0.05) is 32.4 Å². The van der Waals surface area contributed by atoms with Gasteiger partial charge in [-0.15, -0.1) is 0 Å². The first-order chi connectivity index (χ1) is 10.1. The Bertz CT molecular complexity index is 616. The molecule has 1 fully saturated rings. The lowest BCUT2D eigenvalue weighted by molar-refractivity contribution is 0.0741. The van der Waals surface area contributed by atoms with Gasteiger partial charge in [-0.25, -0.2) is 4.98 Å². The van der Waals surface area contributed by atoms with Crippen molar-refractivity contribution in [2.75, 3.05) is 31.1 Å². The Balaban J connectivity index is 1.64. The highest BCUT2D eigenvalue weighted by molar-refractivity contribution is 6.41. The zero-order valence-corrected chi connectivity index (χ0v) is 12.7. The fraction of sp³-hybridized carbons (Fsp3) is 0.286. The minimum absolute atomic E-state index is 0.0792. The molecule has 2 aromatic heterocycles. The normalized spacial score (nSPS) is 15.3. The van der Waals surface area contributed by atoms with Crippen molar-refractivity contribution in [3.05, 3.63) is 46.3 Å². The van der Waals surface area contributed by atoms with Crippen molar-refractivity contribution in [2.24, 2.45) is 0 Å². The highest BCUT2D eigenvalue weighted by Crippen LogP contribution is 2.23. The minimum atomic E-state index is -0.0792. The number of hydrogen-bond acceptors (Lipinski definition) is 3. The van der Waals surface area contributed by atoms with Gasteiger partial charge in [0.25, 0.3) is 5.91 Å². The molecule has 7 heteroatoms. The summed E-state index contributed by atoms with van der Waals surface area (Å²) in [7, 11) is 0. The maximum Gasteiger partial charge on any atom is 0.270 e. The number of anilines is 1. The predicted octanol–water partition coefficient (Wildman–Crippen LogP) is 2.68. The molecule has 1 aliphatic rings. The van der Waals surface area contributed by atoms with Crippen LogP contribution in [0.15, 0.2) is 30.5 Å². The van der Waals surface area contributed by atoms with Gasteiger partial charge in [0.2, 0.25) is 0 Å². The van der Waals surface area contributed by atoms with E-state index in [1.54, 1.807) is 17.2 Å². The number of pyridine rings is 1. The van der Waals surface area contributed by atoms with Crippen molar-refractivity contribution < 1.29 is 4.79 Å². The molecule has 3 rings (SSSR count). The number of amides is 1. The third kappa shape index (κ3) is 2.99. The minimum Gasteiger partial charge on any atom is -0.353 e. The second-order valence-electron chi connectivity index (χ2n) is 4.81. The van der Waals surface area contributed by atoms with Gasteiger partial charge in [-0.05, 0) is 18.2 Å². The van der Waals surface area contributed by atoms with E-state index >= 15 is 0 Å². The number of aromatic amines is 1. The molecule has 0 aliphatic carbocycles. The van der Waals surface area contributed by atoms with Gasteiger partial charge in [0.1, 0.15) is 16.7 Å². The smallest absolute Gasteiger partial charge is 0.270 e. The maximum atomic E-state index is 12.4. The van der Waals surface area contributed by atoms with E-state index in [1.165, 1.54) is 0 Å². The van der Waals surface area contributed by atoms with Gasteiger partial charge in [0.05, 0.1) is 5.02 Å². The molecule has 1 N–H and O–H groups in total. The van der Waals surface area contributed by atoms with E-state index in [2.05, 4.69) is 14.9 Å². The molecule has 0 spiro atoms. The first-order valence-electron chi connectivity index (χ1n) is 6.64. The van der Waals surface area contributed by atoms with Crippen LogP contribution in [-0.2, 0) is 0 Å². The predicted molar refractivity (Wildman–Crippen MR) is 83.2 cm³/mol. The zero-order chi connectivity index (χ0) is 14.8. The summed E-state index contributed by atoms with van der Waals surface area (Å²) >= 11 is 11.7. The third-order valence-electron chi connectivity index (χ3n) is 3.50. The van der Waals surface area contributed by atoms with Crippen molar-refractivity contribution in [3.63, 3.8) is 0 Å². The molecular weight excluding hydrogens is 311 g/mol. The lowest BCUT2D eigenvalue weighted by Crippen LogP contribution is -2.49. The Labute approximate surface area is 132 Å². The Morgan fingerprint density at radius 3 is 2.52 bits per heavy atom. The van der Waals surface area contributed by atoms with E-state index in [0.29, 0.717) is 29.0 Å². The average molecular weight is 325 g/mol. The Morgan fingerprint density at radius 1 is 1.19 bits per heavy atom. The summed E-state index contributed by atoms with van der Waals surface area (Å²) in [6.07, 6.45) is 1.77. The average Bonchev–Trinajstić information content (AvgIpc) is 2.87. The van der Waals surface area contributed by atoms with Crippen molar-refractivity contribution in [1.29, 1.82) is 0 Å². The van der Waals surface area contributed by atoms with Gasteiger partial charge < -0.3 is 14.8 Å². The summed E-state index contributed by atoms with van der Waals surface area (Å²) in [6, 6.07) is 7.39. The molecule has 0 radical (unpaired) electrons. The molecule has 1 aliphatic heterocycles. The van der Waals surface area contributed by atoms with E-state index in [9.17, 15) is 4.79 Å². The standard InChI is InChI=1S/C14H14Cl2N4O/c15-10-9-11(18-13(10)16)14(21)20-7-5-19(6-8-20)12-3-1-2-4-17-12/h1-4,9,18H,5-8H2. The summed E-state index contributed by atoms with van der Waals surface area (Å²) in [6.45, 7) is 2.79. The molecule has 110 valence electrons. The summed E-state index contributed by atoms with van der Waals surface area (Å²) in [5.74, 6) is 0.861. The molecule has 0 unspecified atom stereocenters. The van der Waals surface area contributed by atoms with Crippen molar-refractivity contribution in [1.82, 2.24) is 14.9 Å². The van der Waals surface area contributed by atoms with E-state index in [4.69, 9.17) is 23.2 Å². The Hall–Kier alpha value is -1.72. The topological polar surface area (TPSA) is 52.2 Å². The van der Waals surface area contributed by atoms with Crippen LogP contribution in [0.25, 0.3) is 0 Å². The van der Waals surface area contributed by atoms with Gasteiger partial charge in [0.15, 0.2) is 0 Å². The highest BCUT2D eigenvalue weighted by atomic mass is 35.5. The third-order valence-corrected chi connectivity index (χ3v) is 4.19. The van der Waals surface area contributed by atoms with Gasteiger partial charge in [-0.1, -0.05) is 29.3 Å². The second kappa shape index (κ2) is 5.95. The number of nitrogens with zero attached hydrogens (tertiary/aromatic N) is 3. The van der Waals surface area contributed by atoms with E-state index in [-0.39, 0.29) is 5.91 Å².